The topological polar surface area (TPSA) is 35.2 Å². The van der Waals surface area contributed by atoms with Gasteiger partial charge in [0.2, 0.25) is 0 Å². The minimum atomic E-state index is -0.444. The first-order valence-corrected chi connectivity index (χ1v) is 6.43. The van der Waals surface area contributed by atoms with Gasteiger partial charge < -0.3 is 10.5 Å². The molecule has 0 aromatic heterocycles. The number of hydrogen-bond donors (Lipinski definition) is 1. The van der Waals surface area contributed by atoms with Crippen LogP contribution in [-0.4, -0.2) is 12.1 Å². The first kappa shape index (κ1) is 13.4. The van der Waals surface area contributed by atoms with Crippen molar-refractivity contribution < 1.29 is 13.5 Å². The Balaban J connectivity index is 2.03. The second-order valence-electron chi connectivity index (χ2n) is 4.97. The lowest BCUT2D eigenvalue weighted by atomic mass is 9.84. The van der Waals surface area contributed by atoms with Crippen molar-refractivity contribution in [2.75, 3.05) is 6.54 Å². The molecule has 1 saturated carbocycles. The Morgan fingerprint density at radius 2 is 1.89 bits per heavy atom. The second kappa shape index (κ2) is 5.76. The molecule has 0 radical (unpaired) electrons. The summed E-state index contributed by atoms with van der Waals surface area (Å²) >= 11 is 0. The number of ether oxygens (including phenoxy) is 1. The van der Waals surface area contributed by atoms with Gasteiger partial charge in [0.1, 0.15) is 11.6 Å². The van der Waals surface area contributed by atoms with Crippen LogP contribution in [0, 0.1) is 11.6 Å². The van der Waals surface area contributed by atoms with E-state index in [1.807, 2.05) is 0 Å². The van der Waals surface area contributed by atoms with E-state index in [4.69, 9.17) is 10.5 Å². The molecule has 0 spiro atoms. The molecule has 0 bridgehead atoms. The van der Waals surface area contributed by atoms with E-state index in [1.165, 1.54) is 12.5 Å². The van der Waals surface area contributed by atoms with Gasteiger partial charge >= 0.3 is 0 Å². The third kappa shape index (κ3) is 3.06. The minimum absolute atomic E-state index is 0.0841. The van der Waals surface area contributed by atoms with Gasteiger partial charge in [-0.05, 0) is 31.0 Å². The van der Waals surface area contributed by atoms with E-state index >= 15 is 0 Å². The van der Waals surface area contributed by atoms with Crippen molar-refractivity contribution in [3.05, 3.63) is 35.4 Å². The molecule has 1 aliphatic rings. The van der Waals surface area contributed by atoms with Crippen LogP contribution in [0.2, 0.25) is 0 Å². The van der Waals surface area contributed by atoms with Crippen molar-refractivity contribution in [2.45, 2.75) is 44.3 Å². The first-order chi connectivity index (χ1) is 8.65. The molecule has 0 saturated heterocycles. The summed E-state index contributed by atoms with van der Waals surface area (Å²) in [5.41, 5.74) is 5.69. The lowest BCUT2D eigenvalue weighted by molar-refractivity contribution is -0.0742. The fourth-order valence-corrected chi connectivity index (χ4v) is 2.49. The first-order valence-electron chi connectivity index (χ1n) is 6.43. The summed E-state index contributed by atoms with van der Waals surface area (Å²) in [6.07, 6.45) is 5.17. The summed E-state index contributed by atoms with van der Waals surface area (Å²) in [6, 6.07) is 3.42. The molecule has 0 unspecified atom stereocenters. The zero-order valence-corrected chi connectivity index (χ0v) is 10.4. The predicted octanol–water partition coefficient (Wildman–Crippen LogP) is 3.14. The molecule has 0 heterocycles. The summed E-state index contributed by atoms with van der Waals surface area (Å²) in [5.74, 6) is -0.875. The standard InChI is InChI=1S/C14H19F2NO/c15-12-4-5-13(16)11(8-12)9-18-14(10-17)6-2-1-3-7-14/h4-5,8H,1-3,6-7,9-10,17H2. The molecule has 4 heteroatoms. The smallest absolute Gasteiger partial charge is 0.128 e. The fourth-order valence-electron chi connectivity index (χ4n) is 2.49. The maximum absolute atomic E-state index is 13.5. The van der Waals surface area contributed by atoms with Gasteiger partial charge in [0.05, 0.1) is 12.2 Å². The number of hydrogen-bond acceptors (Lipinski definition) is 2. The van der Waals surface area contributed by atoms with Crippen LogP contribution in [0.5, 0.6) is 0 Å². The van der Waals surface area contributed by atoms with Crippen molar-refractivity contribution in [1.29, 1.82) is 0 Å². The maximum atomic E-state index is 13.5. The Morgan fingerprint density at radius 1 is 1.17 bits per heavy atom. The monoisotopic (exact) mass is 255 g/mol. The summed E-state index contributed by atoms with van der Waals surface area (Å²) in [6.45, 7) is 0.519. The average Bonchev–Trinajstić information content (AvgIpc) is 2.41. The van der Waals surface area contributed by atoms with E-state index in [-0.39, 0.29) is 17.8 Å². The van der Waals surface area contributed by atoms with Gasteiger partial charge in [-0.1, -0.05) is 19.3 Å². The van der Waals surface area contributed by atoms with E-state index in [1.54, 1.807) is 0 Å². The summed E-state index contributed by atoms with van der Waals surface area (Å²) in [4.78, 5) is 0. The summed E-state index contributed by atoms with van der Waals surface area (Å²) < 4.78 is 32.3. The normalized spacial score (nSPS) is 18.8. The highest BCUT2D eigenvalue weighted by Gasteiger charge is 2.31. The van der Waals surface area contributed by atoms with Crippen molar-refractivity contribution in [3.63, 3.8) is 0 Å². The minimum Gasteiger partial charge on any atom is -0.369 e. The van der Waals surface area contributed by atoms with E-state index in [0.29, 0.717) is 6.54 Å². The molecular formula is C14H19F2NO. The molecule has 2 nitrogen and oxygen atoms in total. The maximum Gasteiger partial charge on any atom is 0.128 e. The van der Waals surface area contributed by atoms with Gasteiger partial charge in [-0.15, -0.1) is 0 Å². The third-order valence-corrected chi connectivity index (χ3v) is 3.68. The van der Waals surface area contributed by atoms with E-state index < -0.39 is 11.6 Å². The lowest BCUT2D eigenvalue weighted by Crippen LogP contribution is -2.42. The highest BCUT2D eigenvalue weighted by molar-refractivity contribution is 5.18. The molecule has 2 N–H and O–H groups in total. The van der Waals surface area contributed by atoms with Gasteiger partial charge in [0, 0.05) is 12.1 Å². The predicted molar refractivity (Wildman–Crippen MR) is 66.0 cm³/mol. The van der Waals surface area contributed by atoms with Crippen LogP contribution in [0.15, 0.2) is 18.2 Å². The molecule has 1 aromatic rings. The Hall–Kier alpha value is -1.00. The largest absolute Gasteiger partial charge is 0.369 e. The Labute approximate surface area is 106 Å². The highest BCUT2D eigenvalue weighted by atomic mass is 19.1. The van der Waals surface area contributed by atoms with E-state index in [0.717, 1.165) is 37.8 Å². The fraction of sp³-hybridized carbons (Fsp3) is 0.571. The molecule has 1 fully saturated rings. The second-order valence-corrected chi connectivity index (χ2v) is 4.97. The van der Waals surface area contributed by atoms with Gasteiger partial charge in [-0.3, -0.25) is 0 Å². The van der Waals surface area contributed by atoms with E-state index in [9.17, 15) is 8.78 Å². The molecule has 1 aromatic carbocycles. The van der Waals surface area contributed by atoms with Gasteiger partial charge in [-0.25, -0.2) is 8.78 Å². The van der Waals surface area contributed by atoms with E-state index in [2.05, 4.69) is 0 Å². The number of halogens is 2. The molecule has 2 rings (SSSR count). The Kier molecular flexibility index (Phi) is 4.30. The van der Waals surface area contributed by atoms with Gasteiger partial charge in [0.25, 0.3) is 0 Å². The van der Waals surface area contributed by atoms with Crippen molar-refractivity contribution >= 4 is 0 Å². The number of benzene rings is 1. The molecule has 0 amide bonds. The van der Waals surface area contributed by atoms with Crippen molar-refractivity contribution in [2.24, 2.45) is 5.73 Å². The zero-order valence-electron chi connectivity index (χ0n) is 10.4. The highest BCUT2D eigenvalue weighted by Crippen LogP contribution is 2.31. The van der Waals surface area contributed by atoms with Crippen LogP contribution in [0.1, 0.15) is 37.7 Å². The number of nitrogens with two attached hydrogens (primary N) is 1. The Bertz CT molecular complexity index is 403. The Morgan fingerprint density at radius 3 is 2.56 bits per heavy atom. The van der Waals surface area contributed by atoms with Crippen LogP contribution in [0.4, 0.5) is 8.78 Å². The molecule has 0 atom stereocenters. The van der Waals surface area contributed by atoms with Crippen LogP contribution in [0.3, 0.4) is 0 Å². The molecule has 1 aliphatic carbocycles. The SMILES string of the molecule is NCC1(OCc2cc(F)ccc2F)CCCCC1. The number of rotatable bonds is 4. The third-order valence-electron chi connectivity index (χ3n) is 3.68. The lowest BCUT2D eigenvalue weighted by Gasteiger charge is -2.36. The molecule has 0 aliphatic heterocycles. The van der Waals surface area contributed by atoms with Crippen LogP contribution in [-0.2, 0) is 11.3 Å². The van der Waals surface area contributed by atoms with Crippen molar-refractivity contribution in [1.82, 2.24) is 0 Å². The van der Waals surface area contributed by atoms with Crippen LogP contribution in [0.25, 0.3) is 0 Å². The quantitative estimate of drug-likeness (QED) is 0.897. The molecular weight excluding hydrogens is 236 g/mol. The summed E-state index contributed by atoms with van der Waals surface area (Å²) in [7, 11) is 0. The van der Waals surface area contributed by atoms with Crippen LogP contribution >= 0.6 is 0 Å². The van der Waals surface area contributed by atoms with Gasteiger partial charge in [0.15, 0.2) is 0 Å². The zero-order chi connectivity index (χ0) is 13.0. The molecule has 18 heavy (non-hydrogen) atoms. The van der Waals surface area contributed by atoms with Gasteiger partial charge in [-0.2, -0.15) is 0 Å². The summed E-state index contributed by atoms with van der Waals surface area (Å²) in [5, 5.41) is 0. The molecule has 100 valence electrons. The van der Waals surface area contributed by atoms with Crippen LogP contribution < -0.4 is 5.73 Å². The van der Waals surface area contributed by atoms with Crippen molar-refractivity contribution in [3.8, 4) is 0 Å². The average molecular weight is 255 g/mol.